The van der Waals surface area contributed by atoms with Gasteiger partial charge in [-0.05, 0) is 141 Å². The maximum absolute atomic E-state index is 13.8. The topological polar surface area (TPSA) is 155 Å². The average molecular weight is 837 g/mol. The predicted molar refractivity (Wildman–Crippen MR) is 224 cm³/mol. The smallest absolute Gasteiger partial charge is 0.338 e. The van der Waals surface area contributed by atoms with Crippen LogP contribution in [0.25, 0.3) is 0 Å². The summed E-state index contributed by atoms with van der Waals surface area (Å²) in [6, 6.07) is 24.8. The Morgan fingerprint density at radius 2 is 1.26 bits per heavy atom. The van der Waals surface area contributed by atoms with Crippen molar-refractivity contribution in [2.24, 2.45) is 46.3 Å². The lowest BCUT2D eigenvalue weighted by molar-refractivity contribution is -0.261. The number of esters is 4. The van der Waals surface area contributed by atoms with Crippen LogP contribution in [0.1, 0.15) is 116 Å². The van der Waals surface area contributed by atoms with Crippen molar-refractivity contribution in [3.63, 3.8) is 0 Å². The van der Waals surface area contributed by atoms with Crippen LogP contribution < -0.4 is 0 Å². The average Bonchev–Trinajstić information content (AvgIpc) is 3.64. The van der Waals surface area contributed by atoms with Gasteiger partial charge >= 0.3 is 23.9 Å². The van der Waals surface area contributed by atoms with Crippen molar-refractivity contribution in [3.8, 4) is 0 Å². The summed E-state index contributed by atoms with van der Waals surface area (Å²) in [6.45, 7) is 6.55. The third-order valence-corrected chi connectivity index (χ3v) is 15.7. The minimum Gasteiger partial charge on any atom is -0.452 e. The molecule has 1 heterocycles. The molecule has 0 unspecified atom stereocenters. The Hall–Kier alpha value is -4.58. The van der Waals surface area contributed by atoms with E-state index < -0.39 is 54.6 Å². The molecule has 0 aromatic heterocycles. The van der Waals surface area contributed by atoms with Crippen LogP contribution in [0.3, 0.4) is 0 Å². The number of aliphatic hydroxyl groups is 2. The molecule has 1 aliphatic heterocycles. The van der Waals surface area contributed by atoms with E-state index in [-0.39, 0.29) is 58.5 Å². The van der Waals surface area contributed by atoms with Gasteiger partial charge in [0.25, 0.3) is 0 Å². The lowest BCUT2D eigenvalue weighted by Gasteiger charge is -2.62. The van der Waals surface area contributed by atoms with Crippen LogP contribution in [0, 0.1) is 46.3 Å². The molecule has 0 amide bonds. The summed E-state index contributed by atoms with van der Waals surface area (Å²) < 4.78 is 29.9. The van der Waals surface area contributed by atoms with Crippen molar-refractivity contribution in [3.05, 3.63) is 108 Å². The maximum atomic E-state index is 13.8. The second-order valence-electron chi connectivity index (χ2n) is 18.9. The van der Waals surface area contributed by atoms with Crippen molar-refractivity contribution in [2.45, 2.75) is 122 Å². The van der Waals surface area contributed by atoms with Gasteiger partial charge in [-0.15, -0.1) is 0 Å². The molecule has 0 bridgehead atoms. The van der Waals surface area contributed by atoms with E-state index in [2.05, 4.69) is 20.8 Å². The van der Waals surface area contributed by atoms with Gasteiger partial charge < -0.3 is 33.9 Å². The van der Waals surface area contributed by atoms with Crippen molar-refractivity contribution in [2.75, 3.05) is 6.61 Å². The molecule has 8 rings (SSSR count). The van der Waals surface area contributed by atoms with Crippen molar-refractivity contribution in [1.82, 2.24) is 0 Å². The van der Waals surface area contributed by atoms with Crippen LogP contribution in [0.2, 0.25) is 0 Å². The summed E-state index contributed by atoms with van der Waals surface area (Å²) in [6.07, 6.45) is 2.09. The van der Waals surface area contributed by atoms with Gasteiger partial charge in [0, 0.05) is 6.42 Å². The zero-order chi connectivity index (χ0) is 42.9. The van der Waals surface area contributed by atoms with Gasteiger partial charge in [-0.1, -0.05) is 75.4 Å². The summed E-state index contributed by atoms with van der Waals surface area (Å²) in [7, 11) is 0. The fraction of sp³-hybridized carbons (Fsp3) is 0.560. The number of ether oxygens (including phenoxy) is 5. The fourth-order valence-corrected chi connectivity index (χ4v) is 12.4. The Morgan fingerprint density at radius 3 is 1.87 bits per heavy atom. The minimum atomic E-state index is -1.51. The molecule has 14 atom stereocenters. The molecule has 0 radical (unpaired) electrons. The first-order valence-electron chi connectivity index (χ1n) is 22.3. The van der Waals surface area contributed by atoms with Gasteiger partial charge in [0.15, 0.2) is 12.2 Å². The van der Waals surface area contributed by atoms with Crippen LogP contribution in [0.4, 0.5) is 0 Å². The van der Waals surface area contributed by atoms with E-state index in [0.717, 1.165) is 51.4 Å². The second-order valence-corrected chi connectivity index (χ2v) is 18.9. The van der Waals surface area contributed by atoms with Gasteiger partial charge in [0.1, 0.15) is 0 Å². The van der Waals surface area contributed by atoms with Crippen LogP contribution in [0.15, 0.2) is 91.0 Å². The monoisotopic (exact) mass is 836 g/mol. The van der Waals surface area contributed by atoms with Gasteiger partial charge in [0.05, 0.1) is 35.5 Å². The van der Waals surface area contributed by atoms with Crippen molar-refractivity contribution >= 4 is 23.9 Å². The zero-order valence-electron chi connectivity index (χ0n) is 35.4. The molecule has 11 nitrogen and oxygen atoms in total. The fourth-order valence-electron chi connectivity index (χ4n) is 12.4. The Labute approximate surface area is 358 Å². The number of aliphatic hydroxyl groups excluding tert-OH is 2. The minimum absolute atomic E-state index is 0.0444. The number of benzene rings is 3. The molecule has 61 heavy (non-hydrogen) atoms. The van der Waals surface area contributed by atoms with Crippen LogP contribution in [-0.4, -0.2) is 77.5 Å². The molecular weight excluding hydrogens is 777 g/mol. The van der Waals surface area contributed by atoms with Crippen LogP contribution >= 0.6 is 0 Å². The summed E-state index contributed by atoms with van der Waals surface area (Å²) in [5.74, 6) is -0.596. The van der Waals surface area contributed by atoms with E-state index in [1.54, 1.807) is 91.0 Å². The van der Waals surface area contributed by atoms with Crippen molar-refractivity contribution < 1.29 is 53.1 Å². The summed E-state index contributed by atoms with van der Waals surface area (Å²) in [4.78, 5) is 54.4. The summed E-state index contributed by atoms with van der Waals surface area (Å²) in [5.41, 5.74) is 0.556. The highest BCUT2D eigenvalue weighted by atomic mass is 16.7. The summed E-state index contributed by atoms with van der Waals surface area (Å²) >= 11 is 0. The highest BCUT2D eigenvalue weighted by molar-refractivity contribution is 5.91. The highest BCUT2D eigenvalue weighted by Gasteiger charge is 2.64. The normalized spacial score (nSPS) is 35.9. The third kappa shape index (κ3) is 8.62. The first-order valence-corrected chi connectivity index (χ1v) is 22.3. The number of hydrogen-bond donors (Lipinski definition) is 2. The number of hydrogen-bond acceptors (Lipinski definition) is 11. The first-order chi connectivity index (χ1) is 29.4. The molecule has 5 fully saturated rings. The molecule has 1 saturated heterocycles. The van der Waals surface area contributed by atoms with Crippen LogP contribution in [-0.2, 0) is 28.5 Å². The van der Waals surface area contributed by atoms with E-state index in [9.17, 15) is 29.4 Å². The molecule has 4 aliphatic carbocycles. The van der Waals surface area contributed by atoms with Gasteiger partial charge in [-0.3, -0.25) is 4.79 Å². The zero-order valence-corrected chi connectivity index (χ0v) is 35.4. The lowest BCUT2D eigenvalue weighted by Crippen LogP contribution is -2.59. The molecule has 4 saturated carbocycles. The quantitative estimate of drug-likeness (QED) is 0.143. The molecule has 2 N–H and O–H groups in total. The largest absolute Gasteiger partial charge is 0.452 e. The first kappa shape index (κ1) is 43.1. The lowest BCUT2D eigenvalue weighted by atomic mass is 9.43. The number of rotatable bonds is 11. The molecule has 3 aromatic carbocycles. The molecule has 5 aliphatic rings. The number of carbonyl (C=O) groups is 4. The number of fused-ring (bicyclic) bond motifs is 5. The molecule has 326 valence electrons. The Kier molecular flexibility index (Phi) is 12.7. The molecule has 3 aromatic rings. The molecule has 11 heteroatoms. The highest BCUT2D eigenvalue weighted by Crippen LogP contribution is 2.68. The Morgan fingerprint density at radius 1 is 0.689 bits per heavy atom. The van der Waals surface area contributed by atoms with E-state index in [1.165, 1.54) is 0 Å². The third-order valence-electron chi connectivity index (χ3n) is 15.7. The molecule has 0 spiro atoms. The van der Waals surface area contributed by atoms with E-state index in [4.69, 9.17) is 23.7 Å². The van der Waals surface area contributed by atoms with Gasteiger partial charge in [-0.2, -0.15) is 0 Å². The standard InChI is InChI=1S/C50H60O11/c1-30(37-22-23-38-36-21-20-34-27-35(51)25-26-49(34,2)39(36)28-41(52)50(37,38)3)19-24-42(53)59-48-44(61-47(56)33-17-11-6-12-18-33)43(60-46(55)32-15-9-5-10-16-32)40(29-57-48)58-45(54)31-13-7-4-8-14-31/h4-18,30,34-41,43-44,48,51-52H,19-29H2,1-3H3/t30-,34-,35-,36+,37-,38+,39+,40-,41+,43+,44-,48+,49+,50-/m1/s1. The SMILES string of the molecule is C[C@H](CCC(=O)O[C@@H]1OC[C@@H](OC(=O)c2ccccc2)[C@H](OC(=O)c2ccccc2)[C@H]1OC(=O)c1ccccc1)[C@H]1CC[C@H]2[C@@H]3CC[C@@H]4C[C@H](O)CC[C@]4(C)[C@H]3C[C@H](O)[C@]12C. The molecular formula is C50H60O11. The van der Waals surface area contributed by atoms with E-state index in [1.807, 2.05) is 0 Å². The van der Waals surface area contributed by atoms with Crippen LogP contribution in [0.5, 0.6) is 0 Å². The number of carbonyl (C=O) groups excluding carboxylic acids is 4. The van der Waals surface area contributed by atoms with E-state index >= 15 is 0 Å². The van der Waals surface area contributed by atoms with Gasteiger partial charge in [0.2, 0.25) is 12.4 Å². The van der Waals surface area contributed by atoms with Gasteiger partial charge in [-0.25, -0.2) is 14.4 Å². The van der Waals surface area contributed by atoms with E-state index in [0.29, 0.717) is 30.1 Å². The Balaban J connectivity index is 0.976. The predicted octanol–water partition coefficient (Wildman–Crippen LogP) is 7.97. The second kappa shape index (κ2) is 18.0. The Bertz CT molecular complexity index is 2010. The summed E-state index contributed by atoms with van der Waals surface area (Å²) in [5, 5.41) is 22.5. The van der Waals surface area contributed by atoms with Crippen molar-refractivity contribution in [1.29, 1.82) is 0 Å². The maximum Gasteiger partial charge on any atom is 0.338 e.